The van der Waals surface area contributed by atoms with E-state index in [0.717, 1.165) is 38.8 Å². The van der Waals surface area contributed by atoms with E-state index in [-0.39, 0.29) is 17.9 Å². The van der Waals surface area contributed by atoms with Crippen molar-refractivity contribution in [1.82, 2.24) is 10.6 Å². The summed E-state index contributed by atoms with van der Waals surface area (Å²) >= 11 is 0. The van der Waals surface area contributed by atoms with Crippen LogP contribution in [0.15, 0.2) is 0 Å². The van der Waals surface area contributed by atoms with Gasteiger partial charge in [-0.1, -0.05) is 27.7 Å². The van der Waals surface area contributed by atoms with Crippen molar-refractivity contribution in [2.45, 2.75) is 91.7 Å². The monoisotopic (exact) mass is 417 g/mol. The molecule has 0 aliphatic carbocycles. The zero-order valence-electron chi connectivity index (χ0n) is 19.9. The second-order valence-electron chi connectivity index (χ2n) is 8.02. The van der Waals surface area contributed by atoms with Gasteiger partial charge in [-0.3, -0.25) is 9.59 Å². The number of carbonyl (C=O) groups is 2. The second-order valence-corrected chi connectivity index (χ2v) is 8.02. The summed E-state index contributed by atoms with van der Waals surface area (Å²) in [6, 6.07) is -0.609. The number of ether oxygens (including phenoxy) is 2. The van der Waals surface area contributed by atoms with Crippen LogP contribution in [0.5, 0.6) is 0 Å². The molecule has 0 aliphatic rings. The minimum Gasteiger partial charge on any atom is -0.381 e. The lowest BCUT2D eigenvalue weighted by atomic mass is 10.1. The molecule has 174 valence electrons. The lowest BCUT2D eigenvalue weighted by molar-refractivity contribution is -0.128. The van der Waals surface area contributed by atoms with Gasteiger partial charge in [0, 0.05) is 19.6 Å². The minimum absolute atomic E-state index is 0.208. The first kappa shape index (κ1) is 30.0. The van der Waals surface area contributed by atoms with E-state index in [0.29, 0.717) is 25.6 Å². The zero-order chi connectivity index (χ0) is 22.7. The molecule has 0 spiro atoms. The molecule has 7 heteroatoms. The third kappa shape index (κ3) is 19.9. The smallest absolute Gasteiger partial charge is 0.239 e. The normalized spacial score (nSPS) is 12.3. The van der Waals surface area contributed by atoms with E-state index < -0.39 is 11.9 Å². The summed E-state index contributed by atoms with van der Waals surface area (Å²) in [6.45, 7) is 14.9. The van der Waals surface area contributed by atoms with Crippen LogP contribution in [0.1, 0.15) is 80.1 Å². The third-order valence-electron chi connectivity index (χ3n) is 4.36. The van der Waals surface area contributed by atoms with Crippen molar-refractivity contribution < 1.29 is 19.1 Å². The van der Waals surface area contributed by atoms with Crippen molar-refractivity contribution in [3.05, 3.63) is 0 Å². The van der Waals surface area contributed by atoms with Crippen LogP contribution in [0.2, 0.25) is 0 Å². The van der Waals surface area contributed by atoms with Crippen molar-refractivity contribution in [3.63, 3.8) is 0 Å². The fourth-order valence-corrected chi connectivity index (χ4v) is 2.43. The molecule has 0 rings (SSSR count). The summed E-state index contributed by atoms with van der Waals surface area (Å²) in [5, 5.41) is 5.75. The molecule has 0 heterocycles. The molecule has 4 N–H and O–H groups in total. The minimum atomic E-state index is -0.609. The molecular formula is C22H47N3O4. The number of unbranched alkanes of at least 4 members (excludes halogenated alkanes) is 1. The predicted molar refractivity (Wildman–Crippen MR) is 120 cm³/mol. The molecule has 2 amide bonds. The van der Waals surface area contributed by atoms with Crippen molar-refractivity contribution in [3.8, 4) is 0 Å². The number of hydrogen-bond acceptors (Lipinski definition) is 5. The Bertz CT molecular complexity index is 415. The van der Waals surface area contributed by atoms with Gasteiger partial charge in [0.1, 0.15) is 6.04 Å². The Kier molecular flexibility index (Phi) is 19.5. The molecule has 0 radical (unpaired) electrons. The van der Waals surface area contributed by atoms with Gasteiger partial charge in [0.25, 0.3) is 0 Å². The summed E-state index contributed by atoms with van der Waals surface area (Å²) in [4.78, 5) is 23.4. The Morgan fingerprint density at radius 1 is 1.03 bits per heavy atom. The maximum Gasteiger partial charge on any atom is 0.239 e. The molecule has 7 nitrogen and oxygen atoms in total. The van der Waals surface area contributed by atoms with Crippen LogP contribution >= 0.6 is 0 Å². The number of amides is 2. The molecular weight excluding hydrogens is 370 g/mol. The number of rotatable bonds is 17. The van der Waals surface area contributed by atoms with Crippen LogP contribution in [0, 0.1) is 5.92 Å². The van der Waals surface area contributed by atoms with Gasteiger partial charge in [0.05, 0.1) is 12.2 Å². The predicted octanol–water partition coefficient (Wildman–Crippen LogP) is 3.01. The van der Waals surface area contributed by atoms with E-state index in [1.807, 2.05) is 20.9 Å². The van der Waals surface area contributed by atoms with Gasteiger partial charge in [0.15, 0.2) is 0 Å². The summed E-state index contributed by atoms with van der Waals surface area (Å²) in [6.07, 6.45) is 4.36. The molecule has 0 saturated carbocycles. The fraction of sp³-hybridized carbons (Fsp3) is 0.909. The Morgan fingerprint density at radius 2 is 1.69 bits per heavy atom. The first-order chi connectivity index (χ1) is 13.7. The summed E-state index contributed by atoms with van der Waals surface area (Å²) in [5.74, 6) is -0.0722. The van der Waals surface area contributed by atoms with E-state index in [1.54, 1.807) is 0 Å². The van der Waals surface area contributed by atoms with Crippen molar-refractivity contribution in [1.29, 1.82) is 0 Å². The SMILES string of the molecule is CC.CNCCCCC(NC(=O)CCOCCC(C)(C)OCCC(C)C)C(N)=O. The largest absolute Gasteiger partial charge is 0.381 e. The van der Waals surface area contributed by atoms with E-state index in [1.165, 1.54) is 0 Å². The van der Waals surface area contributed by atoms with Gasteiger partial charge in [0.2, 0.25) is 11.8 Å². The standard InChI is InChI=1S/C20H41N3O4.C2H6/c1-16(2)9-14-27-20(3,4)11-15-26-13-10-18(24)23-17(19(21)25)8-6-7-12-22-5;1-2/h16-17,22H,6-15H2,1-5H3,(H2,21,25)(H,23,24);1-2H3. The van der Waals surface area contributed by atoms with E-state index in [9.17, 15) is 9.59 Å². The summed E-state index contributed by atoms with van der Waals surface area (Å²) < 4.78 is 11.4. The number of nitrogens with two attached hydrogens (primary N) is 1. The van der Waals surface area contributed by atoms with Crippen LogP contribution in [-0.4, -0.2) is 56.9 Å². The van der Waals surface area contributed by atoms with E-state index in [4.69, 9.17) is 15.2 Å². The lowest BCUT2D eigenvalue weighted by Crippen LogP contribution is -2.44. The molecule has 0 aromatic heterocycles. The van der Waals surface area contributed by atoms with Gasteiger partial charge in [-0.15, -0.1) is 0 Å². The first-order valence-electron chi connectivity index (χ1n) is 11.1. The topological polar surface area (TPSA) is 103 Å². The van der Waals surface area contributed by atoms with Crippen LogP contribution in [0.4, 0.5) is 0 Å². The highest BCUT2D eigenvalue weighted by atomic mass is 16.5. The number of carbonyl (C=O) groups excluding carboxylic acids is 2. The molecule has 0 saturated heterocycles. The summed E-state index contributed by atoms with van der Waals surface area (Å²) in [7, 11) is 1.88. The molecule has 1 atom stereocenters. The quantitative estimate of drug-likeness (QED) is 0.316. The zero-order valence-corrected chi connectivity index (χ0v) is 19.9. The van der Waals surface area contributed by atoms with E-state index in [2.05, 4.69) is 38.3 Å². The molecule has 29 heavy (non-hydrogen) atoms. The van der Waals surface area contributed by atoms with Gasteiger partial charge < -0.3 is 25.8 Å². The first-order valence-corrected chi connectivity index (χ1v) is 11.1. The molecule has 0 aliphatic heterocycles. The molecule has 0 aromatic rings. The Balaban J connectivity index is 0. The van der Waals surface area contributed by atoms with Crippen LogP contribution in [-0.2, 0) is 19.1 Å². The van der Waals surface area contributed by atoms with Gasteiger partial charge in [-0.05, 0) is 65.5 Å². The second kappa shape index (κ2) is 18.8. The highest BCUT2D eigenvalue weighted by Gasteiger charge is 2.19. The van der Waals surface area contributed by atoms with E-state index >= 15 is 0 Å². The molecule has 1 unspecified atom stereocenters. The number of nitrogens with one attached hydrogen (secondary N) is 2. The Hall–Kier alpha value is -1.18. The van der Waals surface area contributed by atoms with Gasteiger partial charge in [-0.2, -0.15) is 0 Å². The molecule has 0 bridgehead atoms. The Morgan fingerprint density at radius 3 is 2.24 bits per heavy atom. The van der Waals surface area contributed by atoms with Crippen molar-refractivity contribution >= 4 is 11.8 Å². The van der Waals surface area contributed by atoms with Gasteiger partial charge in [-0.25, -0.2) is 0 Å². The maximum atomic E-state index is 12.0. The van der Waals surface area contributed by atoms with Crippen molar-refractivity contribution in [2.24, 2.45) is 11.7 Å². The maximum absolute atomic E-state index is 12.0. The van der Waals surface area contributed by atoms with Crippen LogP contribution < -0.4 is 16.4 Å². The lowest BCUT2D eigenvalue weighted by Gasteiger charge is -2.25. The molecule has 0 fully saturated rings. The summed E-state index contributed by atoms with van der Waals surface area (Å²) in [5.41, 5.74) is 5.13. The van der Waals surface area contributed by atoms with Crippen LogP contribution in [0.3, 0.4) is 0 Å². The average Bonchev–Trinajstić information content (AvgIpc) is 2.64. The van der Waals surface area contributed by atoms with Crippen molar-refractivity contribution in [2.75, 3.05) is 33.4 Å². The Labute approximate surface area is 178 Å². The number of hydrogen-bond donors (Lipinski definition) is 3. The number of primary amides is 1. The average molecular weight is 418 g/mol. The molecule has 0 aromatic carbocycles. The third-order valence-corrected chi connectivity index (χ3v) is 4.36. The van der Waals surface area contributed by atoms with Crippen LogP contribution in [0.25, 0.3) is 0 Å². The highest BCUT2D eigenvalue weighted by molar-refractivity contribution is 5.86. The fourth-order valence-electron chi connectivity index (χ4n) is 2.43. The highest BCUT2D eigenvalue weighted by Crippen LogP contribution is 2.16. The van der Waals surface area contributed by atoms with Gasteiger partial charge >= 0.3 is 0 Å².